The molecule has 3 aromatic carbocycles. The highest BCUT2D eigenvalue weighted by atomic mass is 32.2. The molecule has 0 bridgehead atoms. The van der Waals surface area contributed by atoms with Gasteiger partial charge in [0, 0.05) is 25.6 Å². The number of aryl methyl sites for hydroxylation is 1. The number of carbonyl (C=O) groups is 2. The SMILES string of the molecule is COc1cc2c(cc1OC)CN(C(=O)[C@H](CCSC)Nc1ccc3c(cc1=O)[C@@H](NC(C)=O)CCc1cc(OC)c(OC)c(OC)c1-3)CC2. The fourth-order valence-corrected chi connectivity index (χ4v) is 7.27. The predicted octanol–water partition coefficient (Wildman–Crippen LogP) is 5.00. The predicted molar refractivity (Wildman–Crippen MR) is 192 cm³/mol. The summed E-state index contributed by atoms with van der Waals surface area (Å²) in [6, 6.07) is 9.90. The van der Waals surface area contributed by atoms with Gasteiger partial charge in [-0.3, -0.25) is 14.4 Å². The second-order valence-corrected chi connectivity index (χ2v) is 13.0. The molecular weight excluding hydrogens is 646 g/mol. The highest BCUT2D eigenvalue weighted by Gasteiger charge is 2.31. The highest BCUT2D eigenvalue weighted by molar-refractivity contribution is 7.98. The average molecular weight is 692 g/mol. The van der Waals surface area contributed by atoms with E-state index in [1.807, 2.05) is 35.4 Å². The van der Waals surface area contributed by atoms with Crippen molar-refractivity contribution < 1.29 is 33.3 Å². The van der Waals surface area contributed by atoms with Crippen molar-refractivity contribution >= 4 is 29.3 Å². The summed E-state index contributed by atoms with van der Waals surface area (Å²) in [4.78, 5) is 42.4. The van der Waals surface area contributed by atoms with Crippen molar-refractivity contribution in [2.75, 3.05) is 59.4 Å². The first-order valence-electron chi connectivity index (χ1n) is 16.2. The Morgan fingerprint density at radius 3 is 2.18 bits per heavy atom. The van der Waals surface area contributed by atoms with E-state index in [0.717, 1.165) is 33.6 Å². The Labute approximate surface area is 291 Å². The molecule has 262 valence electrons. The molecule has 2 aliphatic rings. The minimum absolute atomic E-state index is 0.0816. The Hall–Kier alpha value is -4.58. The van der Waals surface area contributed by atoms with Crippen molar-refractivity contribution in [1.82, 2.24) is 10.2 Å². The van der Waals surface area contributed by atoms with Gasteiger partial charge in [0.05, 0.1) is 47.3 Å². The second-order valence-electron chi connectivity index (χ2n) is 12.1. The first-order valence-corrected chi connectivity index (χ1v) is 17.6. The maximum atomic E-state index is 14.1. The van der Waals surface area contributed by atoms with E-state index < -0.39 is 12.1 Å². The molecule has 11 nitrogen and oxygen atoms in total. The molecule has 2 amide bonds. The zero-order chi connectivity index (χ0) is 35.2. The van der Waals surface area contributed by atoms with Crippen LogP contribution in [0.1, 0.15) is 48.1 Å². The molecule has 3 aromatic rings. The molecule has 0 spiro atoms. The molecular formula is C37H45N3O8S. The van der Waals surface area contributed by atoms with Gasteiger partial charge in [-0.1, -0.05) is 6.07 Å². The monoisotopic (exact) mass is 691 g/mol. The number of rotatable bonds is 12. The van der Waals surface area contributed by atoms with Crippen LogP contribution in [0.5, 0.6) is 28.7 Å². The second kappa shape index (κ2) is 15.8. The van der Waals surface area contributed by atoms with Gasteiger partial charge in [0.1, 0.15) is 6.04 Å². The Morgan fingerprint density at radius 2 is 1.55 bits per heavy atom. The third kappa shape index (κ3) is 7.39. The number of ether oxygens (including phenoxy) is 5. The summed E-state index contributed by atoms with van der Waals surface area (Å²) in [6.45, 7) is 2.43. The average Bonchev–Trinajstić information content (AvgIpc) is 3.35. The summed E-state index contributed by atoms with van der Waals surface area (Å²) in [7, 11) is 7.89. The van der Waals surface area contributed by atoms with Crippen LogP contribution >= 0.6 is 11.8 Å². The molecule has 2 atom stereocenters. The summed E-state index contributed by atoms with van der Waals surface area (Å²) < 4.78 is 28.2. The highest BCUT2D eigenvalue weighted by Crippen LogP contribution is 2.50. The van der Waals surface area contributed by atoms with Gasteiger partial charge in [-0.2, -0.15) is 11.8 Å². The summed E-state index contributed by atoms with van der Waals surface area (Å²) in [5, 5.41) is 6.37. The van der Waals surface area contributed by atoms with E-state index in [0.29, 0.717) is 78.8 Å². The lowest BCUT2D eigenvalue weighted by atomic mass is 9.95. The van der Waals surface area contributed by atoms with Gasteiger partial charge in [-0.05, 0) is 95.8 Å². The molecule has 0 aromatic heterocycles. The Morgan fingerprint density at radius 1 is 0.878 bits per heavy atom. The number of methoxy groups -OCH3 is 5. The zero-order valence-electron chi connectivity index (χ0n) is 29.2. The fourth-order valence-electron chi connectivity index (χ4n) is 6.80. The van der Waals surface area contributed by atoms with Crippen molar-refractivity contribution in [2.24, 2.45) is 0 Å². The normalized spacial score (nSPS) is 15.4. The number of hydrogen-bond donors (Lipinski definition) is 2. The lowest BCUT2D eigenvalue weighted by molar-refractivity contribution is -0.133. The Kier molecular flexibility index (Phi) is 11.5. The lowest BCUT2D eigenvalue weighted by Crippen LogP contribution is -2.45. The van der Waals surface area contributed by atoms with E-state index in [2.05, 4.69) is 10.6 Å². The van der Waals surface area contributed by atoms with Crippen LogP contribution < -0.4 is 39.7 Å². The number of amides is 2. The zero-order valence-corrected chi connectivity index (χ0v) is 30.0. The number of carbonyl (C=O) groups excluding carboxylic acids is 2. The van der Waals surface area contributed by atoms with E-state index in [9.17, 15) is 14.4 Å². The third-order valence-electron chi connectivity index (χ3n) is 9.18. The molecule has 1 heterocycles. The summed E-state index contributed by atoms with van der Waals surface area (Å²) in [5.41, 5.74) is 5.19. The van der Waals surface area contributed by atoms with Crippen LogP contribution in [0.25, 0.3) is 11.1 Å². The molecule has 5 rings (SSSR count). The van der Waals surface area contributed by atoms with Crippen LogP contribution in [0.15, 0.2) is 41.2 Å². The molecule has 1 aliphatic heterocycles. The van der Waals surface area contributed by atoms with Crippen LogP contribution in [0.3, 0.4) is 0 Å². The molecule has 0 radical (unpaired) electrons. The lowest BCUT2D eigenvalue weighted by Gasteiger charge is -2.32. The Bertz CT molecular complexity index is 1780. The first kappa shape index (κ1) is 35.7. The fraction of sp³-hybridized carbons (Fsp3) is 0.432. The van der Waals surface area contributed by atoms with E-state index in [-0.39, 0.29) is 17.2 Å². The van der Waals surface area contributed by atoms with Gasteiger partial charge in [-0.15, -0.1) is 0 Å². The molecule has 0 unspecified atom stereocenters. The van der Waals surface area contributed by atoms with Crippen molar-refractivity contribution in [3.8, 4) is 39.9 Å². The van der Waals surface area contributed by atoms with Gasteiger partial charge < -0.3 is 39.2 Å². The summed E-state index contributed by atoms with van der Waals surface area (Å²) in [5.74, 6) is 3.15. The topological polar surface area (TPSA) is 125 Å². The minimum atomic E-state index is -0.638. The summed E-state index contributed by atoms with van der Waals surface area (Å²) in [6.07, 6.45) is 4.34. The van der Waals surface area contributed by atoms with E-state index in [1.165, 1.54) is 6.92 Å². The molecule has 0 saturated carbocycles. The van der Waals surface area contributed by atoms with Crippen LogP contribution in [-0.4, -0.2) is 76.9 Å². The van der Waals surface area contributed by atoms with Crippen molar-refractivity contribution in [2.45, 2.75) is 51.2 Å². The van der Waals surface area contributed by atoms with Gasteiger partial charge in [-0.25, -0.2) is 0 Å². The standard InChI is InChI=1S/C37H45N3O8S/c1-21(41)38-27-10-8-23-17-33(46-4)35(47-5)36(48-6)34(23)25-9-11-28(30(42)19-26(25)27)39-29(13-15-49-7)37(43)40-14-12-22-16-31(44-2)32(45-3)18-24(22)20-40/h9,11,16-19,27,29H,8,10,12-15,20H2,1-7H3,(H,38,41)(H,39,42)/t27-,29-/m0/s1. The van der Waals surface area contributed by atoms with E-state index >= 15 is 0 Å². The van der Waals surface area contributed by atoms with Gasteiger partial charge in [0.15, 0.2) is 23.0 Å². The van der Waals surface area contributed by atoms with Crippen molar-refractivity contribution in [1.29, 1.82) is 0 Å². The van der Waals surface area contributed by atoms with Crippen LogP contribution in [0, 0.1) is 0 Å². The maximum Gasteiger partial charge on any atom is 0.245 e. The number of fused-ring (bicyclic) bond motifs is 4. The van der Waals surface area contributed by atoms with Crippen molar-refractivity contribution in [3.05, 3.63) is 68.9 Å². The minimum Gasteiger partial charge on any atom is -0.493 e. The van der Waals surface area contributed by atoms with E-state index in [1.54, 1.807) is 59.4 Å². The quantitative estimate of drug-likeness (QED) is 0.268. The number of nitrogens with zero attached hydrogens (tertiary/aromatic N) is 1. The number of nitrogens with one attached hydrogen (secondary N) is 2. The maximum absolute atomic E-state index is 14.1. The smallest absolute Gasteiger partial charge is 0.245 e. The van der Waals surface area contributed by atoms with E-state index in [4.69, 9.17) is 23.7 Å². The summed E-state index contributed by atoms with van der Waals surface area (Å²) >= 11 is 1.64. The van der Waals surface area contributed by atoms with Gasteiger partial charge in [0.2, 0.25) is 23.0 Å². The molecule has 0 fully saturated rings. The van der Waals surface area contributed by atoms with Gasteiger partial charge in [0.25, 0.3) is 0 Å². The largest absolute Gasteiger partial charge is 0.493 e. The molecule has 2 N–H and O–H groups in total. The molecule has 1 aliphatic carbocycles. The number of benzene rings is 2. The molecule has 12 heteroatoms. The number of anilines is 1. The van der Waals surface area contributed by atoms with Crippen LogP contribution in [-0.2, 0) is 29.0 Å². The first-order chi connectivity index (χ1) is 23.7. The van der Waals surface area contributed by atoms with Crippen molar-refractivity contribution in [3.63, 3.8) is 0 Å². The van der Waals surface area contributed by atoms with Crippen LogP contribution in [0.2, 0.25) is 0 Å². The molecule has 49 heavy (non-hydrogen) atoms. The Balaban J connectivity index is 1.55. The molecule has 0 saturated heterocycles. The van der Waals surface area contributed by atoms with Gasteiger partial charge >= 0.3 is 0 Å². The number of hydrogen-bond acceptors (Lipinski definition) is 10. The van der Waals surface area contributed by atoms with Crippen LogP contribution in [0.4, 0.5) is 5.69 Å². The third-order valence-corrected chi connectivity index (χ3v) is 9.83. The number of thioether (sulfide) groups is 1.